The van der Waals surface area contributed by atoms with Crippen molar-refractivity contribution in [2.24, 2.45) is 0 Å². The van der Waals surface area contributed by atoms with Gasteiger partial charge in [-0.15, -0.1) is 11.8 Å². The summed E-state index contributed by atoms with van der Waals surface area (Å²) in [6.45, 7) is 2.03. The number of carbonyl (C=O) groups is 1. The Balaban J connectivity index is 1.91. The first-order valence-corrected chi connectivity index (χ1v) is 10.4. The van der Waals surface area contributed by atoms with E-state index in [0.29, 0.717) is 33.0 Å². The highest BCUT2D eigenvalue weighted by atomic mass is 35.5. The van der Waals surface area contributed by atoms with Crippen molar-refractivity contribution in [1.82, 2.24) is 5.32 Å². The quantitative estimate of drug-likeness (QED) is 0.572. The van der Waals surface area contributed by atoms with Crippen LogP contribution in [-0.2, 0) is 10.5 Å². The van der Waals surface area contributed by atoms with Gasteiger partial charge in [0.25, 0.3) is 0 Å². The second-order valence-corrected chi connectivity index (χ2v) is 7.68. The van der Waals surface area contributed by atoms with Gasteiger partial charge in [0.15, 0.2) is 11.5 Å². The van der Waals surface area contributed by atoms with E-state index in [-0.39, 0.29) is 11.9 Å². The Labute approximate surface area is 174 Å². The number of benzene rings is 2. The Morgan fingerprint density at radius 1 is 1.07 bits per heavy atom. The molecule has 2 aromatic rings. The zero-order chi connectivity index (χ0) is 19.8. The Morgan fingerprint density at radius 2 is 1.81 bits per heavy atom. The number of rotatable bonds is 9. The zero-order valence-corrected chi connectivity index (χ0v) is 17.9. The molecular formula is C20H23Cl2NO3S. The largest absolute Gasteiger partial charge is 0.493 e. The van der Waals surface area contributed by atoms with E-state index in [0.717, 1.165) is 17.5 Å². The van der Waals surface area contributed by atoms with E-state index in [9.17, 15) is 4.79 Å². The third kappa shape index (κ3) is 6.23. The minimum absolute atomic E-state index is 0.0123. The molecule has 1 amide bonds. The molecule has 4 nitrogen and oxygen atoms in total. The fourth-order valence-corrected chi connectivity index (χ4v) is 3.72. The summed E-state index contributed by atoms with van der Waals surface area (Å²) in [5.41, 5.74) is 2.02. The highest BCUT2D eigenvalue weighted by Crippen LogP contribution is 2.31. The highest BCUT2D eigenvalue weighted by molar-refractivity contribution is 7.99. The Kier molecular flexibility index (Phi) is 8.61. The van der Waals surface area contributed by atoms with Crippen molar-refractivity contribution in [1.29, 1.82) is 0 Å². The predicted octanol–water partition coefficient (Wildman–Crippen LogP) is 5.51. The van der Waals surface area contributed by atoms with E-state index >= 15 is 0 Å². The summed E-state index contributed by atoms with van der Waals surface area (Å²) in [5, 5.41) is 4.13. The van der Waals surface area contributed by atoms with E-state index in [1.165, 1.54) is 11.8 Å². The molecule has 7 heteroatoms. The molecule has 0 radical (unpaired) electrons. The van der Waals surface area contributed by atoms with E-state index in [1.807, 2.05) is 37.3 Å². The van der Waals surface area contributed by atoms with Gasteiger partial charge in [-0.1, -0.05) is 42.3 Å². The van der Waals surface area contributed by atoms with Crippen molar-refractivity contribution < 1.29 is 14.3 Å². The topological polar surface area (TPSA) is 47.6 Å². The summed E-state index contributed by atoms with van der Waals surface area (Å²) in [4.78, 5) is 12.3. The summed E-state index contributed by atoms with van der Waals surface area (Å²) >= 11 is 13.5. The van der Waals surface area contributed by atoms with Crippen LogP contribution in [0.5, 0.6) is 11.5 Å². The van der Waals surface area contributed by atoms with Crippen LogP contribution < -0.4 is 14.8 Å². The molecule has 1 N–H and O–H groups in total. The van der Waals surface area contributed by atoms with Crippen LogP contribution in [0.25, 0.3) is 0 Å². The third-order valence-corrected chi connectivity index (χ3v) is 5.78. The number of halogens is 2. The maximum absolute atomic E-state index is 12.3. The molecule has 1 atom stereocenters. The van der Waals surface area contributed by atoms with Gasteiger partial charge in [-0.3, -0.25) is 4.79 Å². The maximum atomic E-state index is 12.3. The molecule has 0 spiro atoms. The first-order chi connectivity index (χ1) is 13.0. The number of hydrogen-bond donors (Lipinski definition) is 1. The van der Waals surface area contributed by atoms with Crippen molar-refractivity contribution in [2.75, 3.05) is 20.0 Å². The molecular weight excluding hydrogens is 405 g/mol. The van der Waals surface area contributed by atoms with Crippen LogP contribution in [0, 0.1) is 0 Å². The molecule has 0 fully saturated rings. The molecule has 0 aliphatic rings. The van der Waals surface area contributed by atoms with Crippen molar-refractivity contribution >= 4 is 40.9 Å². The lowest BCUT2D eigenvalue weighted by molar-refractivity contribution is -0.119. The van der Waals surface area contributed by atoms with Crippen LogP contribution in [0.2, 0.25) is 10.0 Å². The number of hydrogen-bond acceptors (Lipinski definition) is 4. The molecule has 0 heterocycles. The van der Waals surface area contributed by atoms with Crippen LogP contribution in [-0.4, -0.2) is 25.9 Å². The molecule has 2 aromatic carbocycles. The Hall–Kier alpha value is -1.56. The van der Waals surface area contributed by atoms with Gasteiger partial charge in [0, 0.05) is 5.75 Å². The van der Waals surface area contributed by atoms with Crippen molar-refractivity contribution in [3.63, 3.8) is 0 Å². The molecule has 27 heavy (non-hydrogen) atoms. The SMILES string of the molecule is CC[C@H](NC(=O)CSCc1ccc(Cl)c(Cl)c1)c1ccc(OC)c(OC)c1. The van der Waals surface area contributed by atoms with Crippen LogP contribution in [0.1, 0.15) is 30.5 Å². The third-order valence-electron chi connectivity index (χ3n) is 4.04. The van der Waals surface area contributed by atoms with Crippen molar-refractivity contribution in [3.05, 3.63) is 57.6 Å². The van der Waals surface area contributed by atoms with Gasteiger partial charge in [0.2, 0.25) is 5.91 Å². The van der Waals surface area contributed by atoms with Gasteiger partial charge >= 0.3 is 0 Å². The minimum atomic E-state index is -0.0807. The van der Waals surface area contributed by atoms with E-state index in [4.69, 9.17) is 32.7 Å². The number of methoxy groups -OCH3 is 2. The second-order valence-electron chi connectivity index (χ2n) is 5.88. The van der Waals surface area contributed by atoms with Crippen molar-refractivity contribution in [3.8, 4) is 11.5 Å². The molecule has 0 aliphatic heterocycles. The Bertz CT molecular complexity index is 786. The number of ether oxygens (including phenoxy) is 2. The number of thioether (sulfide) groups is 1. The average Bonchev–Trinajstić information content (AvgIpc) is 2.68. The van der Waals surface area contributed by atoms with Gasteiger partial charge in [-0.2, -0.15) is 0 Å². The molecule has 0 aliphatic carbocycles. The smallest absolute Gasteiger partial charge is 0.230 e. The summed E-state index contributed by atoms with van der Waals surface area (Å²) in [6.07, 6.45) is 0.776. The maximum Gasteiger partial charge on any atom is 0.230 e. The fourth-order valence-electron chi connectivity index (χ4n) is 2.62. The Morgan fingerprint density at radius 3 is 2.44 bits per heavy atom. The van der Waals surface area contributed by atoms with Crippen LogP contribution in [0.3, 0.4) is 0 Å². The lowest BCUT2D eigenvalue weighted by Crippen LogP contribution is -2.29. The summed E-state index contributed by atoms with van der Waals surface area (Å²) in [5.74, 6) is 2.36. The molecule has 0 unspecified atom stereocenters. The first-order valence-electron chi connectivity index (χ1n) is 8.51. The van der Waals surface area contributed by atoms with E-state index < -0.39 is 0 Å². The number of nitrogens with one attached hydrogen (secondary N) is 1. The van der Waals surface area contributed by atoms with Crippen LogP contribution in [0.4, 0.5) is 0 Å². The van der Waals surface area contributed by atoms with Gasteiger partial charge < -0.3 is 14.8 Å². The van der Waals surface area contributed by atoms with E-state index in [2.05, 4.69) is 5.32 Å². The highest BCUT2D eigenvalue weighted by Gasteiger charge is 2.15. The molecule has 0 aromatic heterocycles. The first kappa shape index (κ1) is 21.7. The molecule has 0 saturated carbocycles. The zero-order valence-electron chi connectivity index (χ0n) is 15.6. The van der Waals surface area contributed by atoms with Crippen LogP contribution in [0.15, 0.2) is 36.4 Å². The minimum Gasteiger partial charge on any atom is -0.493 e. The van der Waals surface area contributed by atoms with Gasteiger partial charge in [0.05, 0.1) is 36.1 Å². The summed E-state index contributed by atoms with van der Waals surface area (Å²) in [6, 6.07) is 11.1. The van der Waals surface area contributed by atoms with Gasteiger partial charge in [-0.05, 0) is 41.8 Å². The summed E-state index contributed by atoms with van der Waals surface area (Å²) in [7, 11) is 3.20. The van der Waals surface area contributed by atoms with E-state index in [1.54, 1.807) is 20.3 Å². The second kappa shape index (κ2) is 10.7. The average molecular weight is 428 g/mol. The fraction of sp³-hybridized carbons (Fsp3) is 0.350. The molecule has 0 saturated heterocycles. The predicted molar refractivity (Wildman–Crippen MR) is 113 cm³/mol. The van der Waals surface area contributed by atoms with Gasteiger partial charge in [0.1, 0.15) is 0 Å². The van der Waals surface area contributed by atoms with Gasteiger partial charge in [-0.25, -0.2) is 0 Å². The number of carbonyl (C=O) groups excluding carboxylic acids is 1. The standard InChI is InChI=1S/C20H23Cl2NO3S/c1-4-17(14-6-8-18(25-2)19(10-14)26-3)23-20(24)12-27-11-13-5-7-15(21)16(22)9-13/h5-10,17H,4,11-12H2,1-3H3,(H,23,24)/t17-/m0/s1. The lowest BCUT2D eigenvalue weighted by atomic mass is 10.0. The molecule has 0 bridgehead atoms. The molecule has 2 rings (SSSR count). The number of amides is 1. The van der Waals surface area contributed by atoms with Crippen LogP contribution >= 0.6 is 35.0 Å². The lowest BCUT2D eigenvalue weighted by Gasteiger charge is -2.19. The van der Waals surface area contributed by atoms with Crippen molar-refractivity contribution in [2.45, 2.75) is 25.1 Å². The molecule has 146 valence electrons. The monoisotopic (exact) mass is 427 g/mol. The summed E-state index contributed by atoms with van der Waals surface area (Å²) < 4.78 is 10.6. The normalized spacial score (nSPS) is 11.7.